The lowest BCUT2D eigenvalue weighted by Crippen LogP contribution is -2.22. The summed E-state index contributed by atoms with van der Waals surface area (Å²) in [4.78, 5) is 17.1. The second-order valence-electron chi connectivity index (χ2n) is 6.16. The summed E-state index contributed by atoms with van der Waals surface area (Å²) in [5, 5.41) is 0. The van der Waals surface area contributed by atoms with Crippen LogP contribution in [0.5, 0.6) is 11.5 Å². The fourth-order valence-corrected chi connectivity index (χ4v) is 2.74. The number of rotatable bonds is 5. The molecular weight excluding hydrogens is 340 g/mol. The monoisotopic (exact) mass is 362 g/mol. The third kappa shape index (κ3) is 4.44. The molecule has 0 radical (unpaired) electrons. The van der Waals surface area contributed by atoms with Crippen molar-refractivity contribution >= 4 is 5.91 Å². The summed E-state index contributed by atoms with van der Waals surface area (Å²) in [6, 6.07) is 19.0. The Hall–Kier alpha value is -3.34. The van der Waals surface area contributed by atoms with Crippen molar-refractivity contribution in [2.75, 3.05) is 14.2 Å². The molecule has 27 heavy (non-hydrogen) atoms. The smallest absolute Gasteiger partial charge is 0.282 e. The molecule has 0 aliphatic rings. The molecule has 3 aromatic rings. The van der Waals surface area contributed by atoms with E-state index in [1.165, 1.54) is 12.7 Å². The molecule has 0 atom stereocenters. The zero-order chi connectivity index (χ0) is 19.2. The molecule has 0 bridgehead atoms. The van der Waals surface area contributed by atoms with Gasteiger partial charge in [0.15, 0.2) is 0 Å². The summed E-state index contributed by atoms with van der Waals surface area (Å²) in [5.41, 5.74) is 3.29. The molecule has 5 heteroatoms. The van der Waals surface area contributed by atoms with Gasteiger partial charge in [-0.2, -0.15) is 4.99 Å². The summed E-state index contributed by atoms with van der Waals surface area (Å²) in [6.45, 7) is 2.68. The van der Waals surface area contributed by atoms with Crippen LogP contribution in [0.4, 0.5) is 0 Å². The number of methoxy groups -OCH3 is 2. The first-order valence-electron chi connectivity index (χ1n) is 8.63. The summed E-state index contributed by atoms with van der Waals surface area (Å²) < 4.78 is 12.4. The van der Waals surface area contributed by atoms with Crippen molar-refractivity contribution in [2.45, 2.75) is 13.5 Å². The summed E-state index contributed by atoms with van der Waals surface area (Å²) in [6.07, 6.45) is 1.91. The highest BCUT2D eigenvalue weighted by atomic mass is 16.5. The number of benzene rings is 2. The fraction of sp³-hybridized carbons (Fsp3) is 0.182. The van der Waals surface area contributed by atoms with Crippen LogP contribution >= 0.6 is 0 Å². The van der Waals surface area contributed by atoms with Crippen LogP contribution in [-0.4, -0.2) is 24.7 Å². The second-order valence-corrected chi connectivity index (χ2v) is 6.16. The van der Waals surface area contributed by atoms with Gasteiger partial charge in [-0.05, 0) is 42.8 Å². The number of hydrogen-bond acceptors (Lipinski definition) is 3. The molecule has 0 fully saturated rings. The zero-order valence-electron chi connectivity index (χ0n) is 15.7. The number of ether oxygens (including phenoxy) is 2. The molecule has 5 nitrogen and oxygen atoms in total. The van der Waals surface area contributed by atoms with Crippen LogP contribution in [0.1, 0.15) is 21.5 Å². The topological polar surface area (TPSA) is 52.8 Å². The van der Waals surface area contributed by atoms with E-state index in [4.69, 9.17) is 9.47 Å². The van der Waals surface area contributed by atoms with Crippen molar-refractivity contribution in [1.29, 1.82) is 0 Å². The molecule has 1 amide bonds. The van der Waals surface area contributed by atoms with Gasteiger partial charge in [0.2, 0.25) is 0 Å². The highest BCUT2D eigenvalue weighted by molar-refractivity contribution is 5.98. The van der Waals surface area contributed by atoms with E-state index in [0.717, 1.165) is 5.56 Å². The van der Waals surface area contributed by atoms with Crippen LogP contribution in [0.25, 0.3) is 0 Å². The average molecular weight is 362 g/mol. The molecule has 0 N–H and O–H groups in total. The minimum absolute atomic E-state index is 0.364. The largest absolute Gasteiger partial charge is 0.497 e. The van der Waals surface area contributed by atoms with Crippen molar-refractivity contribution in [2.24, 2.45) is 4.99 Å². The van der Waals surface area contributed by atoms with Crippen LogP contribution in [0.2, 0.25) is 0 Å². The maximum atomic E-state index is 12.8. The third-order valence-corrected chi connectivity index (χ3v) is 4.24. The summed E-state index contributed by atoms with van der Waals surface area (Å²) in [7, 11) is 3.08. The van der Waals surface area contributed by atoms with E-state index in [1.54, 1.807) is 25.3 Å². The number of aryl methyl sites for hydroxylation is 1. The molecule has 1 aromatic heterocycles. The lowest BCUT2D eigenvalue weighted by molar-refractivity contribution is 0.0994. The average Bonchev–Trinajstić information content (AvgIpc) is 2.70. The van der Waals surface area contributed by atoms with Gasteiger partial charge in [-0.15, -0.1) is 0 Å². The van der Waals surface area contributed by atoms with Gasteiger partial charge in [-0.1, -0.05) is 35.9 Å². The molecule has 0 spiro atoms. The third-order valence-electron chi connectivity index (χ3n) is 4.24. The molecule has 0 unspecified atom stereocenters. The van der Waals surface area contributed by atoms with Gasteiger partial charge < -0.3 is 14.0 Å². The quantitative estimate of drug-likeness (QED) is 0.697. The number of pyridine rings is 1. The predicted octanol–water partition coefficient (Wildman–Crippen LogP) is 3.60. The van der Waals surface area contributed by atoms with Gasteiger partial charge in [0, 0.05) is 12.7 Å². The molecule has 1 heterocycles. The van der Waals surface area contributed by atoms with E-state index in [1.807, 2.05) is 29.0 Å². The van der Waals surface area contributed by atoms with Crippen molar-refractivity contribution < 1.29 is 14.3 Å². The van der Waals surface area contributed by atoms with Crippen molar-refractivity contribution in [3.8, 4) is 11.5 Å². The molecule has 2 aromatic carbocycles. The van der Waals surface area contributed by atoms with Crippen LogP contribution in [0, 0.1) is 6.92 Å². The first-order valence-corrected chi connectivity index (χ1v) is 8.63. The molecule has 0 aliphatic heterocycles. The number of aromatic nitrogens is 1. The first-order chi connectivity index (χ1) is 13.1. The Morgan fingerprint density at radius 1 is 1.00 bits per heavy atom. The second kappa shape index (κ2) is 8.36. The first kappa shape index (κ1) is 18.5. The van der Waals surface area contributed by atoms with Crippen LogP contribution in [-0.2, 0) is 6.54 Å². The van der Waals surface area contributed by atoms with Gasteiger partial charge in [0.1, 0.15) is 17.0 Å². The maximum Gasteiger partial charge on any atom is 0.282 e. The number of nitrogens with zero attached hydrogens (tertiary/aromatic N) is 2. The van der Waals surface area contributed by atoms with Crippen LogP contribution < -0.4 is 15.0 Å². The number of hydrogen-bond donors (Lipinski definition) is 0. The standard InChI is InChI=1S/C22H22N2O3/c1-16-7-9-17(10-8-16)15-24-13-5-4-6-21(24)23-22(25)19-14-18(26-2)11-12-20(19)27-3/h4-14H,15H2,1-3H3. The molecule has 0 saturated heterocycles. The van der Waals surface area contributed by atoms with Crippen LogP contribution in [0.3, 0.4) is 0 Å². The van der Waals surface area contributed by atoms with Crippen molar-refractivity contribution in [3.63, 3.8) is 0 Å². The predicted molar refractivity (Wildman–Crippen MR) is 104 cm³/mol. The summed E-state index contributed by atoms with van der Waals surface area (Å²) >= 11 is 0. The maximum absolute atomic E-state index is 12.8. The van der Waals surface area contributed by atoms with Crippen LogP contribution in [0.15, 0.2) is 71.9 Å². The van der Waals surface area contributed by atoms with Crippen molar-refractivity contribution in [1.82, 2.24) is 4.57 Å². The van der Waals surface area contributed by atoms with E-state index in [0.29, 0.717) is 29.1 Å². The Kier molecular flexibility index (Phi) is 5.71. The normalized spacial score (nSPS) is 11.3. The van der Waals surface area contributed by atoms with Crippen molar-refractivity contribution in [3.05, 3.63) is 89.0 Å². The Morgan fingerprint density at radius 3 is 2.48 bits per heavy atom. The van der Waals surface area contributed by atoms with Gasteiger partial charge in [0.05, 0.1) is 19.8 Å². The van der Waals surface area contributed by atoms with Gasteiger partial charge in [0.25, 0.3) is 5.91 Å². The van der Waals surface area contributed by atoms with E-state index in [-0.39, 0.29) is 5.91 Å². The number of carbonyl (C=O) groups excluding carboxylic acids is 1. The van der Waals surface area contributed by atoms with E-state index in [9.17, 15) is 4.79 Å². The Balaban J connectivity index is 1.98. The Labute approximate surface area is 158 Å². The number of carbonyl (C=O) groups is 1. The lowest BCUT2D eigenvalue weighted by atomic mass is 10.1. The molecule has 138 valence electrons. The van der Waals surface area contributed by atoms with E-state index in [2.05, 4.69) is 36.2 Å². The van der Waals surface area contributed by atoms with Gasteiger partial charge in [-0.3, -0.25) is 4.79 Å². The lowest BCUT2D eigenvalue weighted by Gasteiger charge is -2.09. The minimum Gasteiger partial charge on any atom is -0.497 e. The van der Waals surface area contributed by atoms with E-state index < -0.39 is 0 Å². The van der Waals surface area contributed by atoms with Gasteiger partial charge >= 0.3 is 0 Å². The molecular formula is C22H22N2O3. The van der Waals surface area contributed by atoms with E-state index >= 15 is 0 Å². The highest BCUT2D eigenvalue weighted by Gasteiger charge is 2.13. The Bertz CT molecular complexity index is 1000. The SMILES string of the molecule is COc1ccc(OC)c(C(=O)N=c2ccccn2Cc2ccc(C)cc2)c1. The minimum atomic E-state index is -0.380. The zero-order valence-corrected chi connectivity index (χ0v) is 15.7. The van der Waals surface area contributed by atoms with Gasteiger partial charge in [-0.25, -0.2) is 0 Å². The number of amides is 1. The molecule has 0 saturated carbocycles. The Morgan fingerprint density at radius 2 is 1.78 bits per heavy atom. The highest BCUT2D eigenvalue weighted by Crippen LogP contribution is 2.24. The summed E-state index contributed by atoms with van der Waals surface area (Å²) in [5.74, 6) is 0.662. The molecule has 3 rings (SSSR count). The molecule has 0 aliphatic carbocycles. The fourth-order valence-electron chi connectivity index (χ4n) is 2.74.